The number of carbonyl (C=O) groups is 1. The highest BCUT2D eigenvalue weighted by Gasteiger charge is 2.75. The monoisotopic (exact) mass is 492 g/mol. The Balaban J connectivity index is 1.49. The Morgan fingerprint density at radius 2 is 2.12 bits per heavy atom. The van der Waals surface area contributed by atoms with Gasteiger partial charge in [0.15, 0.2) is 17.0 Å². The molecule has 1 amide bonds. The molecule has 0 unspecified atom stereocenters. The Morgan fingerprint density at radius 3 is 2.85 bits per heavy atom. The van der Waals surface area contributed by atoms with Gasteiger partial charge in [-0.3, -0.25) is 4.79 Å². The number of aliphatic hydroxyl groups is 2. The minimum absolute atomic E-state index is 0.00814. The number of aliphatic hydroxyl groups excluding tert-OH is 2. The predicted octanol–water partition coefficient (Wildman–Crippen LogP) is 1.78. The molecular formula is C21H22Cl2N6O4. The van der Waals surface area contributed by atoms with Crippen molar-refractivity contribution in [1.29, 1.82) is 0 Å². The van der Waals surface area contributed by atoms with E-state index in [-0.39, 0.29) is 17.1 Å². The van der Waals surface area contributed by atoms with E-state index in [0.717, 1.165) is 5.56 Å². The minimum Gasteiger partial charge on any atom is -0.496 e. The zero-order chi connectivity index (χ0) is 23.5. The molecule has 0 saturated heterocycles. The number of rotatable bonds is 6. The molecule has 0 radical (unpaired) electrons. The number of anilines is 1. The molecule has 4 N–H and O–H groups in total. The van der Waals surface area contributed by atoms with Crippen LogP contribution in [0.2, 0.25) is 10.3 Å². The van der Waals surface area contributed by atoms with Crippen LogP contribution in [-0.4, -0.2) is 62.0 Å². The third-order valence-corrected chi connectivity index (χ3v) is 7.13. The third-order valence-electron chi connectivity index (χ3n) is 6.73. The second-order valence-electron chi connectivity index (χ2n) is 8.33. The van der Waals surface area contributed by atoms with Crippen LogP contribution < -0.4 is 15.4 Å². The third kappa shape index (κ3) is 3.31. The smallest absolute Gasteiger partial charge is 0.229 e. The lowest BCUT2D eigenvalue weighted by molar-refractivity contribution is -0.132. The van der Waals surface area contributed by atoms with Crippen LogP contribution in [0.4, 0.5) is 5.82 Å². The van der Waals surface area contributed by atoms with Gasteiger partial charge in [0.1, 0.15) is 11.9 Å². The standard InChI is InChI=1S/C21H22Cl2N6O4/c1-24-19(32)21-6-11(21)14(15(30)16(21)31)29-8-26-13-17(27-20(23)28-18(13)29)25-7-9-5-10(22)3-4-12(9)33-2/h3-5,8,11,14-16,30-31H,6-7H2,1-2H3,(H,24,32)(H,25,27,28)/t11-,14-,15+,16+,21+/m1/s1. The van der Waals surface area contributed by atoms with Crippen molar-refractivity contribution in [2.75, 3.05) is 19.5 Å². The number of ether oxygens (including phenoxy) is 1. The molecule has 0 spiro atoms. The number of nitrogens with one attached hydrogen (secondary N) is 2. The van der Waals surface area contributed by atoms with E-state index in [4.69, 9.17) is 27.9 Å². The van der Waals surface area contributed by atoms with Crippen LogP contribution in [0, 0.1) is 11.3 Å². The van der Waals surface area contributed by atoms with E-state index in [1.807, 2.05) is 0 Å². The topological polar surface area (TPSA) is 134 Å². The lowest BCUT2D eigenvalue weighted by atomic mass is 9.98. The van der Waals surface area contributed by atoms with Gasteiger partial charge >= 0.3 is 0 Å². The fourth-order valence-electron chi connectivity index (χ4n) is 5.08. The van der Waals surface area contributed by atoms with Crippen LogP contribution in [0.5, 0.6) is 5.75 Å². The highest BCUT2D eigenvalue weighted by Crippen LogP contribution is 2.67. The zero-order valence-electron chi connectivity index (χ0n) is 17.8. The molecule has 12 heteroatoms. The first-order valence-electron chi connectivity index (χ1n) is 10.4. The van der Waals surface area contributed by atoms with Gasteiger partial charge in [0.25, 0.3) is 0 Å². The lowest BCUT2D eigenvalue weighted by Gasteiger charge is -2.23. The summed E-state index contributed by atoms with van der Waals surface area (Å²) in [5, 5.41) is 27.8. The Hall–Kier alpha value is -2.66. The molecule has 0 bridgehead atoms. The van der Waals surface area contributed by atoms with Crippen LogP contribution in [-0.2, 0) is 11.3 Å². The molecule has 174 valence electrons. The number of imidazole rings is 1. The summed E-state index contributed by atoms with van der Waals surface area (Å²) in [6.07, 6.45) is -0.345. The van der Waals surface area contributed by atoms with Gasteiger partial charge in [-0.15, -0.1) is 0 Å². The van der Waals surface area contributed by atoms with E-state index in [2.05, 4.69) is 25.6 Å². The van der Waals surface area contributed by atoms with Crippen molar-refractivity contribution in [3.63, 3.8) is 0 Å². The number of amides is 1. The summed E-state index contributed by atoms with van der Waals surface area (Å²) in [7, 11) is 3.09. The molecule has 2 aliphatic rings. The summed E-state index contributed by atoms with van der Waals surface area (Å²) in [5.74, 6) is 0.528. The first-order chi connectivity index (χ1) is 15.8. The number of hydrogen-bond donors (Lipinski definition) is 4. The maximum atomic E-state index is 12.4. The number of carbonyl (C=O) groups excluding carboxylic acids is 1. The predicted molar refractivity (Wildman–Crippen MR) is 121 cm³/mol. The average molecular weight is 493 g/mol. The summed E-state index contributed by atoms with van der Waals surface area (Å²) in [6, 6.07) is 4.73. The average Bonchev–Trinajstić information content (AvgIpc) is 3.34. The fraction of sp³-hybridized carbons (Fsp3) is 0.429. The summed E-state index contributed by atoms with van der Waals surface area (Å²) in [4.78, 5) is 25.5. The molecule has 2 saturated carbocycles. The molecule has 3 aromatic rings. The van der Waals surface area contributed by atoms with Crippen LogP contribution >= 0.6 is 23.2 Å². The molecule has 1 aromatic carbocycles. The molecule has 10 nitrogen and oxygen atoms in total. The quantitative estimate of drug-likeness (QED) is 0.382. The van der Waals surface area contributed by atoms with Gasteiger partial charge in [0.2, 0.25) is 11.2 Å². The van der Waals surface area contributed by atoms with E-state index < -0.39 is 23.7 Å². The number of hydrogen-bond acceptors (Lipinski definition) is 8. The molecule has 5 atom stereocenters. The molecule has 2 heterocycles. The van der Waals surface area contributed by atoms with Gasteiger partial charge in [0.05, 0.1) is 31.0 Å². The van der Waals surface area contributed by atoms with Gasteiger partial charge in [0, 0.05) is 30.1 Å². The Labute approximate surface area is 198 Å². The van der Waals surface area contributed by atoms with E-state index in [0.29, 0.717) is 40.7 Å². The summed E-state index contributed by atoms with van der Waals surface area (Å²) >= 11 is 12.3. The van der Waals surface area contributed by atoms with Crippen LogP contribution in [0.15, 0.2) is 24.5 Å². The number of benzene rings is 1. The van der Waals surface area contributed by atoms with Crippen LogP contribution in [0.25, 0.3) is 11.2 Å². The number of halogens is 2. The van der Waals surface area contributed by atoms with E-state index >= 15 is 0 Å². The Kier molecular flexibility index (Phi) is 5.36. The van der Waals surface area contributed by atoms with Crippen molar-refractivity contribution in [3.8, 4) is 5.75 Å². The number of aromatic nitrogens is 4. The molecule has 2 aliphatic carbocycles. The number of methoxy groups -OCH3 is 1. The minimum atomic E-state index is -1.19. The van der Waals surface area contributed by atoms with E-state index in [9.17, 15) is 15.0 Å². The fourth-order valence-corrected chi connectivity index (χ4v) is 5.44. The summed E-state index contributed by atoms with van der Waals surface area (Å²) in [5.41, 5.74) is 0.651. The maximum absolute atomic E-state index is 12.4. The summed E-state index contributed by atoms with van der Waals surface area (Å²) < 4.78 is 7.06. The second-order valence-corrected chi connectivity index (χ2v) is 9.11. The van der Waals surface area contributed by atoms with Crippen LogP contribution in [0.1, 0.15) is 18.0 Å². The van der Waals surface area contributed by atoms with Gasteiger partial charge in [-0.2, -0.15) is 9.97 Å². The highest BCUT2D eigenvalue weighted by molar-refractivity contribution is 6.30. The van der Waals surface area contributed by atoms with Gasteiger partial charge in [-0.05, 0) is 36.2 Å². The highest BCUT2D eigenvalue weighted by atomic mass is 35.5. The first kappa shape index (κ1) is 22.1. The zero-order valence-corrected chi connectivity index (χ0v) is 19.3. The second kappa shape index (κ2) is 7.98. The molecule has 33 heavy (non-hydrogen) atoms. The van der Waals surface area contributed by atoms with Crippen molar-refractivity contribution in [2.45, 2.75) is 31.2 Å². The van der Waals surface area contributed by atoms with Crippen LogP contribution in [0.3, 0.4) is 0 Å². The number of fused-ring (bicyclic) bond motifs is 2. The lowest BCUT2D eigenvalue weighted by Crippen LogP contribution is -2.41. The van der Waals surface area contributed by atoms with Crippen molar-refractivity contribution >= 4 is 46.1 Å². The Bertz CT molecular complexity index is 1250. The summed E-state index contributed by atoms with van der Waals surface area (Å²) in [6.45, 7) is 0.339. The maximum Gasteiger partial charge on any atom is 0.229 e. The Morgan fingerprint density at radius 1 is 1.33 bits per heavy atom. The number of nitrogens with zero attached hydrogens (tertiary/aromatic N) is 4. The molecule has 2 aromatic heterocycles. The van der Waals surface area contributed by atoms with E-state index in [1.165, 1.54) is 13.4 Å². The largest absolute Gasteiger partial charge is 0.496 e. The van der Waals surface area contributed by atoms with Gasteiger partial charge in [-0.1, -0.05) is 11.6 Å². The molecular weight excluding hydrogens is 471 g/mol. The molecule has 0 aliphatic heterocycles. The van der Waals surface area contributed by atoms with Crippen molar-refractivity contribution in [3.05, 3.63) is 40.4 Å². The van der Waals surface area contributed by atoms with Crippen molar-refractivity contribution in [1.82, 2.24) is 24.8 Å². The normalized spacial score (nSPS) is 27.9. The molecule has 2 fully saturated rings. The molecule has 5 rings (SSSR count). The SMILES string of the molecule is CNC(=O)[C@@]12C[C@@H]1[C@@H](n1cnc3c(NCc4cc(Cl)ccc4OC)nc(Cl)nc31)[C@H](O)[C@@H]2O. The van der Waals surface area contributed by atoms with Crippen molar-refractivity contribution < 1.29 is 19.7 Å². The van der Waals surface area contributed by atoms with Gasteiger partial charge in [-0.25, -0.2) is 4.98 Å². The van der Waals surface area contributed by atoms with E-state index in [1.54, 1.807) is 29.9 Å². The van der Waals surface area contributed by atoms with Crippen molar-refractivity contribution in [2.24, 2.45) is 11.3 Å². The van der Waals surface area contributed by atoms with Gasteiger partial charge < -0.3 is 30.2 Å². The first-order valence-corrected chi connectivity index (χ1v) is 11.1.